The van der Waals surface area contributed by atoms with Crippen molar-refractivity contribution in [2.24, 2.45) is 0 Å². The van der Waals surface area contributed by atoms with Crippen LogP contribution in [0.2, 0.25) is 0 Å². The number of likely N-dealkylation sites (tertiary alicyclic amines) is 1. The molecule has 0 spiro atoms. The highest BCUT2D eigenvalue weighted by Crippen LogP contribution is 2.36. The lowest BCUT2D eigenvalue weighted by atomic mass is 10.1. The van der Waals surface area contributed by atoms with Gasteiger partial charge in [-0.15, -0.1) is 0 Å². The predicted molar refractivity (Wildman–Crippen MR) is 146 cm³/mol. The maximum atomic E-state index is 12.9. The van der Waals surface area contributed by atoms with Crippen molar-refractivity contribution in [1.82, 2.24) is 24.3 Å². The van der Waals surface area contributed by atoms with Gasteiger partial charge in [0, 0.05) is 36.3 Å². The van der Waals surface area contributed by atoms with E-state index < -0.39 is 0 Å². The molecule has 1 aliphatic heterocycles. The third kappa shape index (κ3) is 4.68. The molecule has 9 heteroatoms. The first-order valence-corrected chi connectivity index (χ1v) is 12.6. The van der Waals surface area contributed by atoms with E-state index in [-0.39, 0.29) is 17.9 Å². The molecule has 4 heterocycles. The molecule has 1 fully saturated rings. The van der Waals surface area contributed by atoms with Gasteiger partial charge in [0.15, 0.2) is 0 Å². The molecule has 0 unspecified atom stereocenters. The molecule has 3 N–H and O–H groups in total. The summed E-state index contributed by atoms with van der Waals surface area (Å²) in [4.78, 5) is 40.8. The highest BCUT2D eigenvalue weighted by atomic mass is 16.2. The zero-order chi connectivity index (χ0) is 26.8. The standard InChI is InChI=1S/C29H29N7O2/c1-4-6-24(37)35-15-5-7-22(35)28-34-25(26-27(30)32-14-16-36(26)28)19-8-10-20(11-9-19)29(38)33-23-17-21(18(2)3)12-13-31-23/h8-14,16-18,22H,5,7,15H2,1-3H3,(H2,30,32)(H,31,33,38)/t22-/m0/s1. The molecule has 0 bridgehead atoms. The number of nitrogens with one attached hydrogen (secondary N) is 1. The summed E-state index contributed by atoms with van der Waals surface area (Å²) in [5.74, 6) is 6.78. The number of benzene rings is 1. The quantitative estimate of drug-likeness (QED) is 0.386. The van der Waals surface area contributed by atoms with Crippen LogP contribution >= 0.6 is 0 Å². The van der Waals surface area contributed by atoms with Crippen LogP contribution in [0.5, 0.6) is 0 Å². The van der Waals surface area contributed by atoms with Crippen LogP contribution in [0.3, 0.4) is 0 Å². The van der Waals surface area contributed by atoms with E-state index >= 15 is 0 Å². The fourth-order valence-electron chi connectivity index (χ4n) is 4.82. The van der Waals surface area contributed by atoms with E-state index in [1.807, 2.05) is 34.9 Å². The Morgan fingerprint density at radius 3 is 2.66 bits per heavy atom. The molecule has 3 aromatic heterocycles. The summed E-state index contributed by atoms with van der Waals surface area (Å²) in [6.45, 7) is 6.46. The zero-order valence-electron chi connectivity index (χ0n) is 21.6. The first-order valence-electron chi connectivity index (χ1n) is 12.6. The summed E-state index contributed by atoms with van der Waals surface area (Å²) in [6, 6.07) is 10.8. The van der Waals surface area contributed by atoms with Gasteiger partial charge in [-0.3, -0.25) is 14.0 Å². The molecule has 38 heavy (non-hydrogen) atoms. The lowest BCUT2D eigenvalue weighted by Crippen LogP contribution is -2.30. The van der Waals surface area contributed by atoms with Gasteiger partial charge in [0.05, 0.1) is 6.04 Å². The topological polar surface area (TPSA) is 119 Å². The number of carbonyl (C=O) groups excluding carboxylic acids is 2. The van der Waals surface area contributed by atoms with Crippen molar-refractivity contribution in [2.45, 2.75) is 45.6 Å². The molecule has 0 saturated carbocycles. The lowest BCUT2D eigenvalue weighted by Gasteiger charge is -2.21. The van der Waals surface area contributed by atoms with Gasteiger partial charge >= 0.3 is 0 Å². The number of fused-ring (bicyclic) bond motifs is 1. The number of carbonyl (C=O) groups is 2. The Morgan fingerprint density at radius 1 is 1.13 bits per heavy atom. The molecule has 5 rings (SSSR count). The van der Waals surface area contributed by atoms with Crippen molar-refractivity contribution in [2.75, 3.05) is 17.6 Å². The third-order valence-corrected chi connectivity index (χ3v) is 6.77. The second-order valence-electron chi connectivity index (χ2n) is 9.54. The van der Waals surface area contributed by atoms with Crippen LogP contribution < -0.4 is 11.1 Å². The van der Waals surface area contributed by atoms with Gasteiger partial charge in [-0.25, -0.2) is 15.0 Å². The average molecular weight is 508 g/mol. The van der Waals surface area contributed by atoms with Crippen molar-refractivity contribution >= 4 is 29.0 Å². The summed E-state index contributed by atoms with van der Waals surface area (Å²) in [5.41, 5.74) is 9.98. The Labute approximate surface area is 221 Å². The van der Waals surface area contributed by atoms with Crippen LogP contribution in [-0.2, 0) is 4.79 Å². The minimum Gasteiger partial charge on any atom is -0.382 e. The Morgan fingerprint density at radius 2 is 1.92 bits per heavy atom. The van der Waals surface area contributed by atoms with Crippen molar-refractivity contribution in [3.63, 3.8) is 0 Å². The summed E-state index contributed by atoms with van der Waals surface area (Å²) >= 11 is 0. The number of hydrogen-bond donors (Lipinski definition) is 2. The molecule has 9 nitrogen and oxygen atoms in total. The second-order valence-corrected chi connectivity index (χ2v) is 9.54. The number of amides is 2. The van der Waals surface area contributed by atoms with Gasteiger partial charge in [0.25, 0.3) is 11.8 Å². The molecular formula is C29H29N7O2. The number of aromatic nitrogens is 4. The average Bonchev–Trinajstić information content (AvgIpc) is 3.55. The van der Waals surface area contributed by atoms with E-state index in [1.54, 1.807) is 36.4 Å². The first-order chi connectivity index (χ1) is 18.4. The second kappa shape index (κ2) is 10.3. The van der Waals surface area contributed by atoms with E-state index in [4.69, 9.17) is 10.7 Å². The SMILES string of the molecule is CC#CC(=O)N1CCC[C@H]1c1nc(-c2ccc(C(=O)Nc3cc(C(C)C)ccn3)cc2)c2c(N)nccn12. The van der Waals surface area contributed by atoms with Crippen LogP contribution in [0, 0.1) is 11.8 Å². The summed E-state index contributed by atoms with van der Waals surface area (Å²) in [5, 5.41) is 2.87. The van der Waals surface area contributed by atoms with Gasteiger partial charge < -0.3 is 16.0 Å². The summed E-state index contributed by atoms with van der Waals surface area (Å²) in [6.07, 6.45) is 6.78. The van der Waals surface area contributed by atoms with Crippen LogP contribution in [0.25, 0.3) is 16.8 Å². The minimum atomic E-state index is -0.251. The van der Waals surface area contributed by atoms with Gasteiger partial charge in [-0.1, -0.05) is 31.9 Å². The summed E-state index contributed by atoms with van der Waals surface area (Å²) < 4.78 is 1.90. The van der Waals surface area contributed by atoms with E-state index in [1.165, 1.54) is 0 Å². The van der Waals surface area contributed by atoms with E-state index in [9.17, 15) is 9.59 Å². The van der Waals surface area contributed by atoms with Crippen LogP contribution in [0.15, 0.2) is 55.0 Å². The van der Waals surface area contributed by atoms with Crippen molar-refractivity contribution in [3.8, 4) is 23.1 Å². The summed E-state index contributed by atoms with van der Waals surface area (Å²) in [7, 11) is 0. The number of nitrogens with two attached hydrogens (primary N) is 1. The monoisotopic (exact) mass is 507 g/mol. The fraction of sp³-hybridized carbons (Fsp3) is 0.276. The van der Waals surface area contributed by atoms with Crippen molar-refractivity contribution in [1.29, 1.82) is 0 Å². The Kier molecular flexibility index (Phi) is 6.79. The molecule has 4 aromatic rings. The highest BCUT2D eigenvalue weighted by molar-refractivity contribution is 6.04. The van der Waals surface area contributed by atoms with Gasteiger partial charge in [0.1, 0.15) is 28.7 Å². The van der Waals surface area contributed by atoms with Crippen LogP contribution in [0.1, 0.15) is 67.3 Å². The van der Waals surface area contributed by atoms with Crippen LogP contribution in [0.4, 0.5) is 11.6 Å². The molecule has 0 aliphatic carbocycles. The first kappa shape index (κ1) is 25.0. The Bertz CT molecular complexity index is 1580. The van der Waals surface area contributed by atoms with Gasteiger partial charge in [0.2, 0.25) is 0 Å². The number of hydrogen-bond acceptors (Lipinski definition) is 6. The van der Waals surface area contributed by atoms with Crippen molar-refractivity contribution in [3.05, 3.63) is 71.9 Å². The molecule has 192 valence electrons. The van der Waals surface area contributed by atoms with Crippen molar-refractivity contribution < 1.29 is 9.59 Å². The zero-order valence-corrected chi connectivity index (χ0v) is 21.6. The maximum absolute atomic E-state index is 12.9. The smallest absolute Gasteiger partial charge is 0.299 e. The lowest BCUT2D eigenvalue weighted by molar-refractivity contribution is -0.126. The predicted octanol–water partition coefficient (Wildman–Crippen LogP) is 4.44. The third-order valence-electron chi connectivity index (χ3n) is 6.77. The van der Waals surface area contributed by atoms with Gasteiger partial charge in [-0.05, 0) is 61.4 Å². The number of rotatable bonds is 5. The Hall–Kier alpha value is -4.71. The minimum absolute atomic E-state index is 0.209. The normalized spacial score (nSPS) is 14.9. The highest BCUT2D eigenvalue weighted by Gasteiger charge is 2.33. The molecular weight excluding hydrogens is 478 g/mol. The van der Waals surface area contributed by atoms with E-state index in [0.29, 0.717) is 46.7 Å². The molecule has 1 aromatic carbocycles. The Balaban J connectivity index is 1.46. The van der Waals surface area contributed by atoms with E-state index in [0.717, 1.165) is 24.0 Å². The van der Waals surface area contributed by atoms with Gasteiger partial charge in [-0.2, -0.15) is 0 Å². The molecule has 1 saturated heterocycles. The molecule has 1 atom stereocenters. The van der Waals surface area contributed by atoms with E-state index in [2.05, 4.69) is 41.0 Å². The van der Waals surface area contributed by atoms with Crippen LogP contribution in [-0.4, -0.2) is 42.6 Å². The number of nitrogens with zero attached hydrogens (tertiary/aromatic N) is 5. The number of nitrogen functional groups attached to an aromatic ring is 1. The number of imidazole rings is 1. The maximum Gasteiger partial charge on any atom is 0.299 e. The molecule has 2 amide bonds. The number of pyridine rings is 1. The molecule has 0 radical (unpaired) electrons. The largest absolute Gasteiger partial charge is 0.382 e. The number of anilines is 2. The molecule has 1 aliphatic rings. The fourth-order valence-corrected chi connectivity index (χ4v) is 4.82.